The van der Waals surface area contributed by atoms with Crippen molar-refractivity contribution >= 4 is 21.4 Å². The zero-order valence-electron chi connectivity index (χ0n) is 8.97. The molecular formula is C10H9ClF4O2S. The van der Waals surface area contributed by atoms with E-state index in [4.69, 9.17) is 11.6 Å². The molecule has 0 saturated heterocycles. The number of rotatable bonds is 4. The molecule has 18 heavy (non-hydrogen) atoms. The molecule has 0 aliphatic rings. The molecule has 0 bridgehead atoms. The van der Waals surface area contributed by atoms with Crippen LogP contribution in [0.4, 0.5) is 17.6 Å². The second-order valence-corrected chi connectivity index (χ2v) is 5.96. The minimum atomic E-state index is -4.71. The van der Waals surface area contributed by atoms with Crippen LogP contribution in [0.25, 0.3) is 0 Å². The molecule has 0 N–H and O–H groups in total. The summed E-state index contributed by atoms with van der Waals surface area (Å²) in [5, 5.41) is 0. The standard InChI is InChI=1S/C10H9ClF4O2S/c11-4-1-5-18(16,17)9-3-2-7(6-8(9)12)10(13,14)15/h2-3,6H,1,4-5H2. The molecule has 0 aliphatic heterocycles. The third-order valence-corrected chi connectivity index (χ3v) is 4.24. The van der Waals surface area contributed by atoms with Crippen LogP contribution in [0.3, 0.4) is 0 Å². The molecule has 0 aromatic heterocycles. The summed E-state index contributed by atoms with van der Waals surface area (Å²) in [4.78, 5) is -0.736. The van der Waals surface area contributed by atoms with E-state index < -0.39 is 38.0 Å². The first-order chi connectivity index (χ1) is 8.18. The van der Waals surface area contributed by atoms with Gasteiger partial charge in [0.15, 0.2) is 9.84 Å². The van der Waals surface area contributed by atoms with E-state index in [0.29, 0.717) is 12.1 Å². The van der Waals surface area contributed by atoms with Crippen molar-refractivity contribution in [2.45, 2.75) is 17.5 Å². The first-order valence-corrected chi connectivity index (χ1v) is 7.02. The lowest BCUT2D eigenvalue weighted by Crippen LogP contribution is -2.12. The predicted octanol–water partition coefficient (Wildman–Crippen LogP) is 3.25. The predicted molar refractivity (Wildman–Crippen MR) is 58.8 cm³/mol. The van der Waals surface area contributed by atoms with Crippen LogP contribution in [0, 0.1) is 5.82 Å². The molecule has 0 spiro atoms. The van der Waals surface area contributed by atoms with Gasteiger partial charge in [0.05, 0.1) is 11.3 Å². The van der Waals surface area contributed by atoms with E-state index in [-0.39, 0.29) is 18.4 Å². The number of hydrogen-bond donors (Lipinski definition) is 0. The molecule has 0 radical (unpaired) electrons. The highest BCUT2D eigenvalue weighted by molar-refractivity contribution is 7.91. The average molecular weight is 305 g/mol. The number of halogens is 5. The Morgan fingerprint density at radius 1 is 1.22 bits per heavy atom. The van der Waals surface area contributed by atoms with Gasteiger partial charge in [-0.3, -0.25) is 0 Å². The molecule has 8 heteroatoms. The molecule has 1 aromatic rings. The molecule has 1 rings (SSSR count). The summed E-state index contributed by atoms with van der Waals surface area (Å²) < 4.78 is 73.4. The van der Waals surface area contributed by atoms with E-state index in [1.54, 1.807) is 0 Å². The second-order valence-electron chi connectivity index (χ2n) is 3.50. The van der Waals surface area contributed by atoms with Gasteiger partial charge < -0.3 is 0 Å². The molecule has 102 valence electrons. The Morgan fingerprint density at radius 2 is 1.83 bits per heavy atom. The van der Waals surface area contributed by atoms with Crippen LogP contribution < -0.4 is 0 Å². The Hall–Kier alpha value is -0.820. The van der Waals surface area contributed by atoms with E-state index in [0.717, 1.165) is 0 Å². The SMILES string of the molecule is O=S(=O)(CCCCl)c1ccc(C(F)(F)F)cc1F. The van der Waals surface area contributed by atoms with Crippen LogP contribution >= 0.6 is 11.6 Å². The summed E-state index contributed by atoms with van der Waals surface area (Å²) in [6.07, 6.45) is -4.61. The quantitative estimate of drug-likeness (QED) is 0.632. The molecule has 1 aromatic carbocycles. The van der Waals surface area contributed by atoms with E-state index in [9.17, 15) is 26.0 Å². The first kappa shape index (κ1) is 15.2. The topological polar surface area (TPSA) is 34.1 Å². The lowest BCUT2D eigenvalue weighted by atomic mass is 10.2. The lowest BCUT2D eigenvalue weighted by molar-refractivity contribution is -0.137. The molecular weight excluding hydrogens is 296 g/mol. The van der Waals surface area contributed by atoms with Crippen molar-refractivity contribution in [1.29, 1.82) is 0 Å². The lowest BCUT2D eigenvalue weighted by Gasteiger charge is -2.09. The van der Waals surface area contributed by atoms with Crippen LogP contribution in [-0.2, 0) is 16.0 Å². The molecule has 0 aliphatic carbocycles. The minimum Gasteiger partial charge on any atom is -0.224 e. The van der Waals surface area contributed by atoms with Crippen molar-refractivity contribution in [3.05, 3.63) is 29.6 Å². The smallest absolute Gasteiger partial charge is 0.224 e. The van der Waals surface area contributed by atoms with E-state index in [1.807, 2.05) is 0 Å². The summed E-state index contributed by atoms with van der Waals surface area (Å²) >= 11 is 5.31. The normalized spacial score (nSPS) is 12.7. The summed E-state index contributed by atoms with van der Waals surface area (Å²) in [6, 6.07) is 1.34. The van der Waals surface area contributed by atoms with Crippen molar-refractivity contribution in [3.63, 3.8) is 0 Å². The van der Waals surface area contributed by atoms with Crippen LogP contribution in [-0.4, -0.2) is 20.1 Å². The summed E-state index contributed by atoms with van der Waals surface area (Å²) in [6.45, 7) is 0. The third-order valence-electron chi connectivity index (χ3n) is 2.14. The molecule has 0 fully saturated rings. The fourth-order valence-electron chi connectivity index (χ4n) is 1.28. The van der Waals surface area contributed by atoms with Crippen molar-refractivity contribution < 1.29 is 26.0 Å². The van der Waals surface area contributed by atoms with Gasteiger partial charge in [-0.2, -0.15) is 13.2 Å². The van der Waals surface area contributed by atoms with Crippen LogP contribution in [0.2, 0.25) is 0 Å². The van der Waals surface area contributed by atoms with E-state index in [2.05, 4.69) is 0 Å². The van der Waals surface area contributed by atoms with Gasteiger partial charge in [-0.1, -0.05) is 0 Å². The largest absolute Gasteiger partial charge is 0.416 e. The van der Waals surface area contributed by atoms with Gasteiger partial charge in [0, 0.05) is 5.88 Å². The maximum atomic E-state index is 13.4. The molecule has 0 heterocycles. The summed E-state index contributed by atoms with van der Waals surface area (Å²) in [5.41, 5.74) is -1.23. The molecule has 0 amide bonds. The van der Waals surface area contributed by atoms with Crippen molar-refractivity contribution in [2.75, 3.05) is 11.6 Å². The van der Waals surface area contributed by atoms with Gasteiger partial charge in [-0.25, -0.2) is 12.8 Å². The first-order valence-electron chi connectivity index (χ1n) is 4.84. The Balaban J connectivity index is 3.14. The minimum absolute atomic E-state index is 0.0709. The molecule has 0 unspecified atom stereocenters. The number of benzene rings is 1. The highest BCUT2D eigenvalue weighted by atomic mass is 35.5. The average Bonchev–Trinajstić information content (AvgIpc) is 2.24. The van der Waals surface area contributed by atoms with Crippen LogP contribution in [0.1, 0.15) is 12.0 Å². The molecule has 2 nitrogen and oxygen atoms in total. The van der Waals surface area contributed by atoms with Gasteiger partial charge in [-0.15, -0.1) is 11.6 Å². The molecule has 0 saturated carbocycles. The fourth-order valence-corrected chi connectivity index (χ4v) is 2.95. The Morgan fingerprint density at radius 3 is 2.28 bits per heavy atom. The van der Waals surface area contributed by atoms with Gasteiger partial charge in [0.1, 0.15) is 10.7 Å². The number of sulfone groups is 1. The molecule has 0 atom stereocenters. The maximum Gasteiger partial charge on any atom is 0.416 e. The Bertz CT molecular complexity index is 525. The monoisotopic (exact) mass is 304 g/mol. The summed E-state index contributed by atoms with van der Waals surface area (Å²) in [7, 11) is -3.94. The second kappa shape index (κ2) is 5.44. The van der Waals surface area contributed by atoms with Gasteiger partial charge in [0.2, 0.25) is 0 Å². The maximum absolute atomic E-state index is 13.4. The van der Waals surface area contributed by atoms with Crippen molar-refractivity contribution in [2.24, 2.45) is 0 Å². The zero-order valence-corrected chi connectivity index (χ0v) is 10.5. The zero-order chi connectivity index (χ0) is 14.0. The van der Waals surface area contributed by atoms with Crippen LogP contribution in [0.15, 0.2) is 23.1 Å². The Labute approximate surface area is 106 Å². The van der Waals surface area contributed by atoms with Gasteiger partial charge in [-0.05, 0) is 24.6 Å². The van der Waals surface area contributed by atoms with Crippen molar-refractivity contribution in [3.8, 4) is 0 Å². The van der Waals surface area contributed by atoms with E-state index >= 15 is 0 Å². The van der Waals surface area contributed by atoms with Gasteiger partial charge >= 0.3 is 6.18 Å². The number of hydrogen-bond acceptors (Lipinski definition) is 2. The summed E-state index contributed by atoms with van der Waals surface area (Å²) in [5.74, 6) is -1.74. The highest BCUT2D eigenvalue weighted by Gasteiger charge is 2.32. The van der Waals surface area contributed by atoms with Crippen LogP contribution in [0.5, 0.6) is 0 Å². The highest BCUT2D eigenvalue weighted by Crippen LogP contribution is 2.31. The third kappa shape index (κ3) is 3.58. The van der Waals surface area contributed by atoms with E-state index in [1.165, 1.54) is 0 Å². The Kier molecular flexibility index (Phi) is 4.61. The van der Waals surface area contributed by atoms with Crippen molar-refractivity contribution in [1.82, 2.24) is 0 Å². The van der Waals surface area contributed by atoms with Gasteiger partial charge in [0.25, 0.3) is 0 Å². The number of alkyl halides is 4. The fraction of sp³-hybridized carbons (Fsp3) is 0.400.